The summed E-state index contributed by atoms with van der Waals surface area (Å²) in [5.41, 5.74) is 6.49. The van der Waals surface area contributed by atoms with Crippen LogP contribution in [0.2, 0.25) is 0 Å². The minimum Gasteiger partial charge on any atom is -0.334 e. The van der Waals surface area contributed by atoms with Gasteiger partial charge in [0.15, 0.2) is 0 Å². The normalized spacial score (nSPS) is 11.1. The fraction of sp³-hybridized carbons (Fsp3) is 0.100. The SMILES string of the molecule is Cc1cc(-c2ncccc2-c2ccc3ncn(C)c3c2)ccc1F. The Bertz CT molecular complexity index is 1050. The summed E-state index contributed by atoms with van der Waals surface area (Å²) in [4.78, 5) is 8.90. The van der Waals surface area contributed by atoms with Crippen LogP contribution in [0.5, 0.6) is 0 Å². The lowest BCUT2D eigenvalue weighted by Gasteiger charge is -2.10. The molecule has 2 aromatic heterocycles. The molecule has 0 saturated heterocycles. The Hall–Kier alpha value is -3.01. The Morgan fingerprint density at radius 3 is 2.62 bits per heavy atom. The maximum absolute atomic E-state index is 13.6. The molecule has 0 N–H and O–H groups in total. The van der Waals surface area contributed by atoms with Gasteiger partial charge >= 0.3 is 0 Å². The van der Waals surface area contributed by atoms with E-state index in [1.807, 2.05) is 48.3 Å². The molecule has 0 fully saturated rings. The summed E-state index contributed by atoms with van der Waals surface area (Å²) >= 11 is 0. The maximum atomic E-state index is 13.6. The van der Waals surface area contributed by atoms with Crippen LogP contribution in [-0.4, -0.2) is 14.5 Å². The van der Waals surface area contributed by atoms with Crippen LogP contribution in [0.15, 0.2) is 61.1 Å². The average Bonchev–Trinajstić information content (AvgIpc) is 2.98. The number of fused-ring (bicyclic) bond motifs is 1. The largest absolute Gasteiger partial charge is 0.334 e. The van der Waals surface area contributed by atoms with Crippen molar-refractivity contribution >= 4 is 11.0 Å². The topological polar surface area (TPSA) is 30.7 Å². The maximum Gasteiger partial charge on any atom is 0.126 e. The second kappa shape index (κ2) is 5.57. The van der Waals surface area contributed by atoms with Gasteiger partial charge in [0, 0.05) is 24.4 Å². The molecule has 3 nitrogen and oxygen atoms in total. The van der Waals surface area contributed by atoms with E-state index in [1.165, 1.54) is 6.07 Å². The minimum absolute atomic E-state index is 0.201. The Morgan fingerprint density at radius 2 is 1.79 bits per heavy atom. The van der Waals surface area contributed by atoms with Crippen LogP contribution in [0.4, 0.5) is 4.39 Å². The molecule has 0 bridgehead atoms. The Kier molecular flexibility index (Phi) is 3.38. The van der Waals surface area contributed by atoms with E-state index in [1.54, 1.807) is 19.2 Å². The zero-order chi connectivity index (χ0) is 16.7. The van der Waals surface area contributed by atoms with Gasteiger partial charge in [0.05, 0.1) is 23.1 Å². The van der Waals surface area contributed by atoms with Gasteiger partial charge in [-0.1, -0.05) is 12.1 Å². The Labute approximate surface area is 139 Å². The first-order chi connectivity index (χ1) is 11.6. The number of pyridine rings is 1. The fourth-order valence-corrected chi connectivity index (χ4v) is 2.95. The van der Waals surface area contributed by atoms with Crippen LogP contribution < -0.4 is 0 Å². The van der Waals surface area contributed by atoms with E-state index in [9.17, 15) is 4.39 Å². The average molecular weight is 317 g/mol. The number of imidazole rings is 1. The predicted molar refractivity (Wildman–Crippen MR) is 94.1 cm³/mol. The van der Waals surface area contributed by atoms with Crippen LogP contribution in [0.25, 0.3) is 33.4 Å². The quantitative estimate of drug-likeness (QED) is 0.534. The molecular weight excluding hydrogens is 301 g/mol. The number of halogens is 1. The summed E-state index contributed by atoms with van der Waals surface area (Å²) in [6.07, 6.45) is 3.57. The molecule has 0 amide bonds. The Balaban J connectivity index is 1.91. The highest BCUT2D eigenvalue weighted by molar-refractivity contribution is 5.87. The molecule has 4 aromatic rings. The van der Waals surface area contributed by atoms with E-state index < -0.39 is 0 Å². The number of benzene rings is 2. The smallest absolute Gasteiger partial charge is 0.126 e. The lowest BCUT2D eigenvalue weighted by Crippen LogP contribution is -1.92. The van der Waals surface area contributed by atoms with E-state index in [0.717, 1.165) is 33.4 Å². The third-order valence-electron chi connectivity index (χ3n) is 4.28. The van der Waals surface area contributed by atoms with Crippen molar-refractivity contribution in [3.63, 3.8) is 0 Å². The molecule has 118 valence electrons. The molecular formula is C20H16FN3. The second-order valence-corrected chi connectivity index (χ2v) is 5.92. The second-order valence-electron chi connectivity index (χ2n) is 5.92. The molecule has 0 atom stereocenters. The van der Waals surface area contributed by atoms with Crippen LogP contribution in [0.3, 0.4) is 0 Å². The fourth-order valence-electron chi connectivity index (χ4n) is 2.95. The van der Waals surface area contributed by atoms with Gasteiger partial charge < -0.3 is 4.57 Å². The van der Waals surface area contributed by atoms with Gasteiger partial charge in [-0.05, 0) is 54.4 Å². The molecule has 0 aliphatic rings. The number of aromatic nitrogens is 3. The van der Waals surface area contributed by atoms with E-state index in [0.29, 0.717) is 5.56 Å². The van der Waals surface area contributed by atoms with Gasteiger partial charge in [-0.3, -0.25) is 4.98 Å². The summed E-state index contributed by atoms with van der Waals surface area (Å²) in [6.45, 7) is 1.77. The highest BCUT2D eigenvalue weighted by atomic mass is 19.1. The Morgan fingerprint density at radius 1 is 0.958 bits per heavy atom. The number of aryl methyl sites for hydroxylation is 2. The molecule has 0 spiro atoms. The third kappa shape index (κ3) is 2.36. The van der Waals surface area contributed by atoms with Gasteiger partial charge in [0.25, 0.3) is 0 Å². The lowest BCUT2D eigenvalue weighted by molar-refractivity contribution is 0.619. The zero-order valence-electron chi connectivity index (χ0n) is 13.5. The van der Waals surface area contributed by atoms with Crippen LogP contribution in [0, 0.1) is 12.7 Å². The molecule has 0 aliphatic carbocycles. The van der Waals surface area contributed by atoms with Crippen LogP contribution in [-0.2, 0) is 7.05 Å². The molecule has 0 saturated carbocycles. The van der Waals surface area contributed by atoms with E-state index >= 15 is 0 Å². The molecule has 0 radical (unpaired) electrons. The molecule has 2 heterocycles. The first kappa shape index (κ1) is 14.6. The summed E-state index contributed by atoms with van der Waals surface area (Å²) < 4.78 is 15.6. The van der Waals surface area contributed by atoms with Gasteiger partial charge in [0.2, 0.25) is 0 Å². The summed E-state index contributed by atoms with van der Waals surface area (Å²) in [6, 6.07) is 15.2. The molecule has 4 heteroatoms. The van der Waals surface area contributed by atoms with Crippen molar-refractivity contribution in [2.45, 2.75) is 6.92 Å². The van der Waals surface area contributed by atoms with E-state index in [-0.39, 0.29) is 5.82 Å². The standard InChI is InChI=1S/C20H16FN3/c1-13-10-15(5-7-17(13)21)20-16(4-3-9-22-20)14-6-8-18-19(11-14)24(2)12-23-18/h3-12H,1-2H3. The van der Waals surface area contributed by atoms with E-state index in [2.05, 4.69) is 16.0 Å². The van der Waals surface area contributed by atoms with Crippen molar-refractivity contribution < 1.29 is 4.39 Å². The van der Waals surface area contributed by atoms with Crippen molar-refractivity contribution in [1.82, 2.24) is 14.5 Å². The van der Waals surface area contributed by atoms with Crippen molar-refractivity contribution in [2.24, 2.45) is 7.05 Å². The zero-order valence-corrected chi connectivity index (χ0v) is 13.5. The van der Waals surface area contributed by atoms with Gasteiger partial charge in [-0.25, -0.2) is 9.37 Å². The number of rotatable bonds is 2. The van der Waals surface area contributed by atoms with Crippen molar-refractivity contribution in [2.75, 3.05) is 0 Å². The molecule has 24 heavy (non-hydrogen) atoms. The summed E-state index contributed by atoms with van der Waals surface area (Å²) in [5.74, 6) is -0.201. The van der Waals surface area contributed by atoms with Crippen LogP contribution in [0.1, 0.15) is 5.56 Å². The first-order valence-electron chi connectivity index (χ1n) is 7.76. The molecule has 0 unspecified atom stereocenters. The van der Waals surface area contributed by atoms with Crippen molar-refractivity contribution in [3.8, 4) is 22.4 Å². The molecule has 4 rings (SSSR count). The highest BCUT2D eigenvalue weighted by Crippen LogP contribution is 2.32. The number of nitrogens with zero attached hydrogens (tertiary/aromatic N) is 3. The van der Waals surface area contributed by atoms with E-state index in [4.69, 9.17) is 0 Å². The van der Waals surface area contributed by atoms with Crippen molar-refractivity contribution in [1.29, 1.82) is 0 Å². The predicted octanol–water partition coefficient (Wildman–Crippen LogP) is 4.75. The van der Waals surface area contributed by atoms with Crippen LogP contribution >= 0.6 is 0 Å². The molecule has 2 aromatic carbocycles. The molecule has 0 aliphatic heterocycles. The summed E-state index contributed by atoms with van der Waals surface area (Å²) in [5, 5.41) is 0. The van der Waals surface area contributed by atoms with Gasteiger partial charge in [-0.15, -0.1) is 0 Å². The number of hydrogen-bond acceptors (Lipinski definition) is 2. The number of hydrogen-bond donors (Lipinski definition) is 0. The highest BCUT2D eigenvalue weighted by Gasteiger charge is 2.11. The van der Waals surface area contributed by atoms with Gasteiger partial charge in [0.1, 0.15) is 5.82 Å². The third-order valence-corrected chi connectivity index (χ3v) is 4.28. The van der Waals surface area contributed by atoms with Gasteiger partial charge in [-0.2, -0.15) is 0 Å². The summed E-state index contributed by atoms with van der Waals surface area (Å²) in [7, 11) is 1.98. The lowest BCUT2D eigenvalue weighted by atomic mass is 9.98. The minimum atomic E-state index is -0.201. The monoisotopic (exact) mass is 317 g/mol. The van der Waals surface area contributed by atoms with Crippen molar-refractivity contribution in [3.05, 3.63) is 72.4 Å². The first-order valence-corrected chi connectivity index (χ1v) is 7.76.